The Morgan fingerprint density at radius 3 is 2.49 bits per heavy atom. The molecule has 1 amide bonds. The number of carbonyl (C=O) groups is 1. The molecule has 7 heteroatoms. The van der Waals surface area contributed by atoms with Crippen molar-refractivity contribution < 1.29 is 9.53 Å². The van der Waals surface area contributed by atoms with E-state index in [-0.39, 0.29) is 17.0 Å². The summed E-state index contributed by atoms with van der Waals surface area (Å²) in [5.41, 5.74) is 3.09. The lowest BCUT2D eigenvalue weighted by Crippen LogP contribution is -2.21. The summed E-state index contributed by atoms with van der Waals surface area (Å²) in [6.07, 6.45) is 3.70. The van der Waals surface area contributed by atoms with E-state index in [1.807, 2.05) is 50.2 Å². The molecule has 4 rings (SSSR count). The molecule has 0 aliphatic carbocycles. The fraction of sp³-hybridized carbons (Fsp3) is 0.143. The largest absolute Gasteiger partial charge is 0.438 e. The highest BCUT2D eigenvalue weighted by Crippen LogP contribution is 2.25. The maximum absolute atomic E-state index is 13.4. The molecule has 2 aromatic heterocycles. The van der Waals surface area contributed by atoms with E-state index in [0.717, 1.165) is 23.1 Å². The van der Waals surface area contributed by atoms with E-state index in [1.165, 1.54) is 10.5 Å². The molecule has 0 unspecified atom stereocenters. The quantitative estimate of drug-likeness (QED) is 0.312. The lowest BCUT2D eigenvalue weighted by molar-refractivity contribution is -0.112. The molecule has 0 fully saturated rings. The van der Waals surface area contributed by atoms with Gasteiger partial charge in [-0.2, -0.15) is 10.2 Å². The van der Waals surface area contributed by atoms with Crippen molar-refractivity contribution in [2.45, 2.75) is 27.2 Å². The number of anilines is 1. The Kier molecular flexibility index (Phi) is 6.74. The molecule has 1 N–H and O–H groups in total. The molecular weight excluding hydrogens is 440 g/mol. The van der Waals surface area contributed by atoms with E-state index in [0.29, 0.717) is 17.1 Å². The minimum Gasteiger partial charge on any atom is -0.438 e. The lowest BCUT2D eigenvalue weighted by Gasteiger charge is -2.12. The molecule has 2 heterocycles. The first-order valence-electron chi connectivity index (χ1n) is 11.2. The highest BCUT2D eigenvalue weighted by Gasteiger charge is 2.18. The summed E-state index contributed by atoms with van der Waals surface area (Å²) in [7, 11) is 0. The monoisotopic (exact) mass is 464 g/mol. The molecule has 0 saturated carbocycles. The number of rotatable bonds is 6. The number of carbonyl (C=O) groups excluding carboxylic acids is 1. The minimum atomic E-state index is -0.631. The van der Waals surface area contributed by atoms with Crippen molar-refractivity contribution in [3.63, 3.8) is 0 Å². The van der Waals surface area contributed by atoms with E-state index in [9.17, 15) is 14.9 Å². The van der Waals surface area contributed by atoms with Gasteiger partial charge in [-0.25, -0.2) is 0 Å². The highest BCUT2D eigenvalue weighted by atomic mass is 16.5. The topological polar surface area (TPSA) is 96.5 Å². The normalized spacial score (nSPS) is 11.2. The fourth-order valence-corrected chi connectivity index (χ4v) is 3.59. The molecule has 0 spiro atoms. The van der Waals surface area contributed by atoms with Crippen molar-refractivity contribution in [1.82, 2.24) is 9.38 Å². The molecule has 174 valence electrons. The maximum atomic E-state index is 13.4. The molecule has 0 aliphatic heterocycles. The second-order valence-corrected chi connectivity index (χ2v) is 8.06. The number of fused-ring (bicyclic) bond motifs is 1. The van der Waals surface area contributed by atoms with Gasteiger partial charge in [0.2, 0.25) is 5.88 Å². The number of aromatic nitrogens is 2. The van der Waals surface area contributed by atoms with E-state index < -0.39 is 11.5 Å². The van der Waals surface area contributed by atoms with Crippen LogP contribution in [-0.4, -0.2) is 15.3 Å². The second kappa shape index (κ2) is 10.1. The molecule has 0 saturated heterocycles. The SMILES string of the molecule is CCc1ccc(Oc2nc3c(C)cccn3c(=O)c2/C=C(/C#N)C(=O)Nc2ccccc2C)cc1. The summed E-state index contributed by atoms with van der Waals surface area (Å²) in [6, 6.07) is 20.2. The number of nitriles is 1. The number of aryl methyl sites for hydroxylation is 3. The summed E-state index contributed by atoms with van der Waals surface area (Å²) in [4.78, 5) is 30.9. The van der Waals surface area contributed by atoms with Crippen LogP contribution >= 0.6 is 0 Å². The van der Waals surface area contributed by atoms with Gasteiger partial charge in [-0.15, -0.1) is 0 Å². The number of ether oxygens (including phenoxy) is 1. The number of hydrogen-bond acceptors (Lipinski definition) is 5. The van der Waals surface area contributed by atoms with E-state index in [4.69, 9.17) is 4.74 Å². The standard InChI is InChI=1S/C28H24N4O3/c1-4-20-11-13-22(14-12-20)35-27-23(28(34)32-15-7-9-19(3)25(32)31-27)16-21(17-29)26(33)30-24-10-6-5-8-18(24)2/h5-16H,4H2,1-3H3,(H,30,33)/b21-16-. The number of para-hydroxylation sites is 1. The van der Waals surface area contributed by atoms with E-state index in [2.05, 4.69) is 17.2 Å². The van der Waals surface area contributed by atoms with Crippen LogP contribution in [0.2, 0.25) is 0 Å². The number of pyridine rings is 1. The Hall–Kier alpha value is -4.70. The van der Waals surface area contributed by atoms with Gasteiger partial charge in [-0.3, -0.25) is 14.0 Å². The van der Waals surface area contributed by atoms with Gasteiger partial charge in [0.15, 0.2) is 0 Å². The highest BCUT2D eigenvalue weighted by molar-refractivity contribution is 6.10. The number of nitrogens with one attached hydrogen (secondary N) is 1. The molecule has 4 aromatic rings. The van der Waals surface area contributed by atoms with Gasteiger partial charge >= 0.3 is 0 Å². The fourth-order valence-electron chi connectivity index (χ4n) is 3.59. The predicted molar refractivity (Wildman–Crippen MR) is 135 cm³/mol. The van der Waals surface area contributed by atoms with Crippen LogP contribution in [0.1, 0.15) is 29.2 Å². The smallest absolute Gasteiger partial charge is 0.269 e. The molecule has 0 bridgehead atoms. The number of hydrogen-bond donors (Lipinski definition) is 1. The van der Waals surface area contributed by atoms with Gasteiger partial charge < -0.3 is 10.1 Å². The zero-order valence-electron chi connectivity index (χ0n) is 19.7. The van der Waals surface area contributed by atoms with Gasteiger partial charge in [0.25, 0.3) is 11.5 Å². The molecule has 7 nitrogen and oxygen atoms in total. The third-order valence-electron chi connectivity index (χ3n) is 5.64. The maximum Gasteiger partial charge on any atom is 0.269 e. The molecule has 35 heavy (non-hydrogen) atoms. The van der Waals surface area contributed by atoms with Crippen LogP contribution in [0.3, 0.4) is 0 Å². The van der Waals surface area contributed by atoms with Crippen LogP contribution in [-0.2, 0) is 11.2 Å². The summed E-state index contributed by atoms with van der Waals surface area (Å²) in [6.45, 7) is 5.75. The average molecular weight is 465 g/mol. The molecule has 0 radical (unpaired) electrons. The first-order valence-corrected chi connectivity index (χ1v) is 11.2. The van der Waals surface area contributed by atoms with Gasteiger partial charge in [0.1, 0.15) is 28.6 Å². The lowest BCUT2D eigenvalue weighted by atomic mass is 10.1. The summed E-state index contributed by atoms with van der Waals surface area (Å²) in [5, 5.41) is 12.5. The Labute approximate surface area is 203 Å². The van der Waals surface area contributed by atoms with Crippen LogP contribution in [0.4, 0.5) is 5.69 Å². The third-order valence-corrected chi connectivity index (χ3v) is 5.64. The zero-order valence-corrected chi connectivity index (χ0v) is 19.7. The number of nitrogens with zero attached hydrogens (tertiary/aromatic N) is 3. The van der Waals surface area contributed by atoms with E-state index >= 15 is 0 Å². The summed E-state index contributed by atoms with van der Waals surface area (Å²) < 4.78 is 7.38. The zero-order chi connectivity index (χ0) is 24.9. The molecular formula is C28H24N4O3. The molecule has 0 aliphatic rings. The van der Waals surface area contributed by atoms with Gasteiger partial charge in [0, 0.05) is 11.9 Å². The van der Waals surface area contributed by atoms with Gasteiger partial charge in [0.05, 0.1) is 0 Å². The summed E-state index contributed by atoms with van der Waals surface area (Å²) in [5.74, 6) is -0.122. The molecule has 0 atom stereocenters. The average Bonchev–Trinajstić information content (AvgIpc) is 2.86. The first kappa shape index (κ1) is 23.5. The van der Waals surface area contributed by atoms with Crippen molar-refractivity contribution in [1.29, 1.82) is 5.26 Å². The number of amides is 1. The van der Waals surface area contributed by atoms with Crippen LogP contribution in [0.15, 0.2) is 77.2 Å². The van der Waals surface area contributed by atoms with Crippen LogP contribution < -0.4 is 15.6 Å². The van der Waals surface area contributed by atoms with Crippen molar-refractivity contribution in [2.75, 3.05) is 5.32 Å². The summed E-state index contributed by atoms with van der Waals surface area (Å²) >= 11 is 0. The van der Waals surface area contributed by atoms with Gasteiger partial charge in [-0.1, -0.05) is 43.3 Å². The van der Waals surface area contributed by atoms with Crippen LogP contribution in [0.5, 0.6) is 11.6 Å². The van der Waals surface area contributed by atoms with Crippen LogP contribution in [0.25, 0.3) is 11.7 Å². The van der Waals surface area contributed by atoms with E-state index in [1.54, 1.807) is 36.5 Å². The van der Waals surface area contributed by atoms with Crippen molar-refractivity contribution in [3.8, 4) is 17.7 Å². The Morgan fingerprint density at radius 1 is 1.09 bits per heavy atom. The van der Waals surface area contributed by atoms with Crippen molar-refractivity contribution in [2.24, 2.45) is 0 Å². The van der Waals surface area contributed by atoms with Crippen molar-refractivity contribution >= 4 is 23.3 Å². The Morgan fingerprint density at radius 2 is 1.80 bits per heavy atom. The van der Waals surface area contributed by atoms with Crippen LogP contribution in [0, 0.1) is 25.2 Å². The Bertz CT molecular complexity index is 1540. The number of benzene rings is 2. The third kappa shape index (κ3) is 4.97. The first-order chi connectivity index (χ1) is 16.9. The van der Waals surface area contributed by atoms with Crippen molar-refractivity contribution in [3.05, 3.63) is 105 Å². The Balaban J connectivity index is 1.82. The molecule has 2 aromatic carbocycles. The second-order valence-electron chi connectivity index (χ2n) is 8.06. The minimum absolute atomic E-state index is 0.00384. The van der Waals surface area contributed by atoms with Gasteiger partial charge in [-0.05, 0) is 67.3 Å². The predicted octanol–water partition coefficient (Wildman–Crippen LogP) is 5.21.